The van der Waals surface area contributed by atoms with Crippen LogP contribution in [0.25, 0.3) is 11.5 Å². The zero-order valence-electron chi connectivity index (χ0n) is 12.4. The molecule has 1 aliphatic rings. The summed E-state index contributed by atoms with van der Waals surface area (Å²) < 4.78 is 0. The van der Waals surface area contributed by atoms with Crippen molar-refractivity contribution < 1.29 is 5.11 Å². The molecule has 0 spiro atoms. The maximum absolute atomic E-state index is 9.45. The first kappa shape index (κ1) is 14.6. The van der Waals surface area contributed by atoms with E-state index in [0.29, 0.717) is 23.3 Å². The van der Waals surface area contributed by atoms with Crippen molar-refractivity contribution in [3.8, 4) is 11.5 Å². The van der Waals surface area contributed by atoms with E-state index in [1.807, 2.05) is 6.07 Å². The van der Waals surface area contributed by atoms with Gasteiger partial charge in [0.1, 0.15) is 17.3 Å². The maximum atomic E-state index is 9.45. The Labute approximate surface area is 129 Å². The maximum Gasteiger partial charge on any atom is 0.179 e. The molecule has 3 heterocycles. The number of imidazole rings is 1. The summed E-state index contributed by atoms with van der Waals surface area (Å²) in [6, 6.07) is 1.90. The predicted molar refractivity (Wildman–Crippen MR) is 84.1 cm³/mol. The van der Waals surface area contributed by atoms with Crippen molar-refractivity contribution in [3.05, 3.63) is 24.3 Å². The number of nitrogens with zero attached hydrogens (tertiary/aromatic N) is 4. The third-order valence-corrected chi connectivity index (χ3v) is 3.97. The Morgan fingerprint density at radius 1 is 1.41 bits per heavy atom. The van der Waals surface area contributed by atoms with Crippen LogP contribution in [0.1, 0.15) is 25.1 Å². The molecule has 1 aliphatic heterocycles. The van der Waals surface area contributed by atoms with E-state index in [-0.39, 0.29) is 6.61 Å². The number of anilines is 1. The highest BCUT2D eigenvalue weighted by Gasteiger charge is 2.19. The molecule has 0 amide bonds. The SMILES string of the molecule is N=Cc1ncc(-c2nccc(N3CCCCC(CO)C3)n2)[nH]1. The molecule has 1 unspecified atom stereocenters. The molecular weight excluding hydrogens is 280 g/mol. The van der Waals surface area contributed by atoms with Gasteiger partial charge < -0.3 is 20.4 Å². The summed E-state index contributed by atoms with van der Waals surface area (Å²) in [6.07, 6.45) is 7.85. The summed E-state index contributed by atoms with van der Waals surface area (Å²) in [6.45, 7) is 1.99. The number of aliphatic hydroxyl groups is 1. The largest absolute Gasteiger partial charge is 0.396 e. The number of aliphatic hydroxyl groups excluding tert-OH is 1. The Hall–Kier alpha value is -2.28. The van der Waals surface area contributed by atoms with Crippen molar-refractivity contribution in [2.75, 3.05) is 24.6 Å². The van der Waals surface area contributed by atoms with Crippen LogP contribution < -0.4 is 4.90 Å². The first-order valence-electron chi connectivity index (χ1n) is 7.55. The normalized spacial score (nSPS) is 19.0. The van der Waals surface area contributed by atoms with Crippen LogP contribution in [0.2, 0.25) is 0 Å². The molecular formula is C15H20N6O. The minimum atomic E-state index is 0.220. The second-order valence-corrected chi connectivity index (χ2v) is 5.56. The smallest absolute Gasteiger partial charge is 0.179 e. The molecule has 7 nitrogen and oxygen atoms in total. The van der Waals surface area contributed by atoms with Crippen LogP contribution in [0, 0.1) is 11.3 Å². The molecule has 0 saturated carbocycles. The Morgan fingerprint density at radius 2 is 2.32 bits per heavy atom. The predicted octanol–water partition coefficient (Wildman–Crippen LogP) is 1.46. The summed E-state index contributed by atoms with van der Waals surface area (Å²) >= 11 is 0. The fourth-order valence-electron chi connectivity index (χ4n) is 2.77. The first-order chi connectivity index (χ1) is 10.8. The van der Waals surface area contributed by atoms with Gasteiger partial charge in [-0.2, -0.15) is 0 Å². The molecule has 22 heavy (non-hydrogen) atoms. The van der Waals surface area contributed by atoms with Crippen LogP contribution in [0.3, 0.4) is 0 Å². The van der Waals surface area contributed by atoms with Crippen LogP contribution in [0.4, 0.5) is 5.82 Å². The van der Waals surface area contributed by atoms with Gasteiger partial charge in [-0.15, -0.1) is 0 Å². The van der Waals surface area contributed by atoms with E-state index in [9.17, 15) is 5.11 Å². The van der Waals surface area contributed by atoms with E-state index < -0.39 is 0 Å². The fourth-order valence-corrected chi connectivity index (χ4v) is 2.77. The third kappa shape index (κ3) is 3.14. The molecule has 116 valence electrons. The van der Waals surface area contributed by atoms with Gasteiger partial charge >= 0.3 is 0 Å². The average Bonchev–Trinajstić information content (AvgIpc) is 2.92. The van der Waals surface area contributed by atoms with Crippen molar-refractivity contribution in [2.45, 2.75) is 19.3 Å². The van der Waals surface area contributed by atoms with Crippen molar-refractivity contribution in [1.82, 2.24) is 19.9 Å². The highest BCUT2D eigenvalue weighted by Crippen LogP contribution is 2.22. The van der Waals surface area contributed by atoms with E-state index in [1.165, 1.54) is 0 Å². The van der Waals surface area contributed by atoms with Crippen LogP contribution in [0.15, 0.2) is 18.5 Å². The lowest BCUT2D eigenvalue weighted by Crippen LogP contribution is -2.30. The van der Waals surface area contributed by atoms with Gasteiger partial charge in [-0.1, -0.05) is 6.42 Å². The highest BCUT2D eigenvalue weighted by molar-refractivity contribution is 5.72. The molecule has 2 aromatic heterocycles. The second-order valence-electron chi connectivity index (χ2n) is 5.56. The summed E-state index contributed by atoms with van der Waals surface area (Å²) in [5.41, 5.74) is 0.703. The van der Waals surface area contributed by atoms with E-state index >= 15 is 0 Å². The molecule has 3 N–H and O–H groups in total. The first-order valence-corrected chi connectivity index (χ1v) is 7.55. The summed E-state index contributed by atoms with van der Waals surface area (Å²) in [5.74, 6) is 2.23. The minimum Gasteiger partial charge on any atom is -0.396 e. The minimum absolute atomic E-state index is 0.220. The molecule has 3 rings (SSSR count). The lowest BCUT2D eigenvalue weighted by Gasteiger charge is -2.24. The topological polar surface area (TPSA) is 102 Å². The standard InChI is InChI=1S/C15H20N6O/c16-7-13-18-8-12(19-13)15-17-5-4-14(20-15)21-6-2-1-3-11(9-21)10-22/h4-5,7-8,11,16,22H,1-3,6,9-10H2,(H,18,19). The molecule has 7 heteroatoms. The molecule has 2 aromatic rings. The van der Waals surface area contributed by atoms with E-state index in [0.717, 1.165) is 44.4 Å². The molecule has 0 radical (unpaired) electrons. The van der Waals surface area contributed by atoms with Crippen LogP contribution in [0.5, 0.6) is 0 Å². The molecule has 1 atom stereocenters. The number of hydrogen-bond donors (Lipinski definition) is 3. The Morgan fingerprint density at radius 3 is 3.09 bits per heavy atom. The molecule has 0 aromatic carbocycles. The lowest BCUT2D eigenvalue weighted by molar-refractivity contribution is 0.223. The summed E-state index contributed by atoms with van der Waals surface area (Å²) in [4.78, 5) is 18.2. The second kappa shape index (κ2) is 6.65. The van der Waals surface area contributed by atoms with Gasteiger partial charge in [0.05, 0.1) is 12.4 Å². The molecule has 1 fully saturated rings. The highest BCUT2D eigenvalue weighted by atomic mass is 16.3. The average molecular weight is 300 g/mol. The van der Waals surface area contributed by atoms with Gasteiger partial charge in [0.15, 0.2) is 5.82 Å². The quantitative estimate of drug-likeness (QED) is 0.742. The van der Waals surface area contributed by atoms with Gasteiger partial charge in [-0.05, 0) is 24.8 Å². The van der Waals surface area contributed by atoms with Crippen LogP contribution in [-0.2, 0) is 0 Å². The van der Waals surface area contributed by atoms with Crippen molar-refractivity contribution in [1.29, 1.82) is 5.41 Å². The van der Waals surface area contributed by atoms with Gasteiger partial charge in [-0.3, -0.25) is 0 Å². The van der Waals surface area contributed by atoms with E-state index in [1.54, 1.807) is 12.4 Å². The number of nitrogens with one attached hydrogen (secondary N) is 2. The molecule has 1 saturated heterocycles. The van der Waals surface area contributed by atoms with Gasteiger partial charge in [0.2, 0.25) is 0 Å². The van der Waals surface area contributed by atoms with Gasteiger partial charge in [0.25, 0.3) is 0 Å². The Bertz CT molecular complexity index is 640. The zero-order chi connectivity index (χ0) is 15.4. The Balaban J connectivity index is 1.85. The Kier molecular flexibility index (Phi) is 4.43. The van der Waals surface area contributed by atoms with Crippen molar-refractivity contribution >= 4 is 12.0 Å². The number of rotatable bonds is 4. The van der Waals surface area contributed by atoms with Crippen LogP contribution >= 0.6 is 0 Å². The van der Waals surface area contributed by atoms with E-state index in [4.69, 9.17) is 5.41 Å². The zero-order valence-corrected chi connectivity index (χ0v) is 12.4. The van der Waals surface area contributed by atoms with E-state index in [2.05, 4.69) is 24.8 Å². The number of hydrogen-bond acceptors (Lipinski definition) is 6. The summed E-state index contributed by atoms with van der Waals surface area (Å²) in [5, 5.41) is 16.6. The van der Waals surface area contributed by atoms with Gasteiger partial charge in [0, 0.05) is 25.9 Å². The lowest BCUT2D eigenvalue weighted by atomic mass is 10.1. The van der Waals surface area contributed by atoms with Crippen LogP contribution in [-0.4, -0.2) is 51.0 Å². The molecule has 0 bridgehead atoms. The van der Waals surface area contributed by atoms with Gasteiger partial charge in [-0.25, -0.2) is 15.0 Å². The third-order valence-electron chi connectivity index (χ3n) is 3.97. The number of aromatic nitrogens is 4. The molecule has 0 aliphatic carbocycles. The fraction of sp³-hybridized carbons (Fsp3) is 0.467. The van der Waals surface area contributed by atoms with Crippen molar-refractivity contribution in [3.63, 3.8) is 0 Å². The van der Waals surface area contributed by atoms with Crippen molar-refractivity contribution in [2.24, 2.45) is 5.92 Å². The summed E-state index contributed by atoms with van der Waals surface area (Å²) in [7, 11) is 0. The monoisotopic (exact) mass is 300 g/mol. The number of aromatic amines is 1. The number of H-pyrrole nitrogens is 1.